The Bertz CT molecular complexity index is 471. The molecule has 0 amide bonds. The zero-order valence-electron chi connectivity index (χ0n) is 10.9. The lowest BCUT2D eigenvalue weighted by atomic mass is 10.0. The maximum atomic E-state index is 11.2. The second kappa shape index (κ2) is 4.88. The first-order valence-electron chi connectivity index (χ1n) is 6.40. The van der Waals surface area contributed by atoms with Gasteiger partial charge in [0.25, 0.3) is 0 Å². The van der Waals surface area contributed by atoms with Crippen molar-refractivity contribution in [3.63, 3.8) is 0 Å². The van der Waals surface area contributed by atoms with Crippen molar-refractivity contribution in [1.82, 2.24) is 0 Å². The molecular weight excluding hydrogens is 228 g/mol. The second-order valence-electron chi connectivity index (χ2n) is 5.07. The lowest BCUT2D eigenvalue weighted by Crippen LogP contribution is -2.37. The van der Waals surface area contributed by atoms with Gasteiger partial charge in [-0.3, -0.25) is 0 Å². The Morgan fingerprint density at radius 3 is 2.78 bits per heavy atom. The van der Waals surface area contributed by atoms with Gasteiger partial charge in [0, 0.05) is 24.0 Å². The smallest absolute Gasteiger partial charge is 0.337 e. The Kier molecular flexibility index (Phi) is 3.45. The highest BCUT2D eigenvalue weighted by atomic mass is 16.4. The summed E-state index contributed by atoms with van der Waals surface area (Å²) in [5, 5.41) is 9.18. The molecule has 0 saturated carbocycles. The van der Waals surface area contributed by atoms with Crippen LogP contribution in [0.4, 0.5) is 11.4 Å². The van der Waals surface area contributed by atoms with Crippen LogP contribution in [0.15, 0.2) is 12.1 Å². The predicted molar refractivity (Wildman–Crippen MR) is 73.2 cm³/mol. The summed E-state index contributed by atoms with van der Waals surface area (Å²) in [4.78, 5) is 13.5. The second-order valence-corrected chi connectivity index (χ2v) is 5.07. The molecule has 3 N–H and O–H groups in total. The van der Waals surface area contributed by atoms with Crippen LogP contribution < -0.4 is 10.6 Å². The van der Waals surface area contributed by atoms with Gasteiger partial charge < -0.3 is 15.7 Å². The van der Waals surface area contributed by atoms with Gasteiger partial charge in [-0.1, -0.05) is 0 Å². The van der Waals surface area contributed by atoms with Crippen LogP contribution in [-0.4, -0.2) is 23.7 Å². The fourth-order valence-corrected chi connectivity index (χ4v) is 2.60. The van der Waals surface area contributed by atoms with E-state index in [1.807, 2.05) is 13.0 Å². The Hall–Kier alpha value is -1.71. The van der Waals surface area contributed by atoms with Crippen molar-refractivity contribution < 1.29 is 9.90 Å². The molecule has 1 atom stereocenters. The van der Waals surface area contributed by atoms with Crippen molar-refractivity contribution in [3.8, 4) is 0 Å². The number of hydrogen-bond acceptors (Lipinski definition) is 3. The Morgan fingerprint density at radius 1 is 1.44 bits per heavy atom. The van der Waals surface area contributed by atoms with E-state index in [1.54, 1.807) is 6.07 Å². The molecule has 1 aliphatic heterocycles. The Labute approximate surface area is 107 Å². The minimum Gasteiger partial charge on any atom is -0.478 e. The number of carboxylic acids is 1. The minimum atomic E-state index is -0.956. The third-order valence-corrected chi connectivity index (χ3v) is 3.74. The first kappa shape index (κ1) is 12.7. The highest BCUT2D eigenvalue weighted by molar-refractivity contribution is 5.95. The highest BCUT2D eigenvalue weighted by Gasteiger charge is 2.21. The molecule has 1 fully saturated rings. The van der Waals surface area contributed by atoms with Crippen LogP contribution >= 0.6 is 0 Å². The number of aryl methyl sites for hydroxylation is 1. The van der Waals surface area contributed by atoms with Crippen LogP contribution in [0.3, 0.4) is 0 Å². The molecule has 1 aliphatic rings. The third kappa shape index (κ3) is 2.28. The van der Waals surface area contributed by atoms with Gasteiger partial charge in [-0.15, -0.1) is 0 Å². The van der Waals surface area contributed by atoms with Crippen molar-refractivity contribution in [2.24, 2.45) is 0 Å². The van der Waals surface area contributed by atoms with Crippen molar-refractivity contribution >= 4 is 17.3 Å². The average Bonchev–Trinajstić information content (AvgIpc) is 2.33. The zero-order chi connectivity index (χ0) is 13.3. The standard InChI is InChI=1S/C14H20N2O2/c1-9-7-11(8-12(13(9)15)14(17)18)16-6-4-3-5-10(16)2/h7-8,10H,3-6,15H2,1-2H3,(H,17,18). The van der Waals surface area contributed by atoms with E-state index in [1.165, 1.54) is 6.42 Å². The summed E-state index contributed by atoms with van der Waals surface area (Å²) < 4.78 is 0. The lowest BCUT2D eigenvalue weighted by molar-refractivity contribution is 0.0698. The summed E-state index contributed by atoms with van der Waals surface area (Å²) in [7, 11) is 0. The quantitative estimate of drug-likeness (QED) is 0.790. The molecule has 2 rings (SSSR count). The Morgan fingerprint density at radius 2 is 2.17 bits per heavy atom. The molecule has 0 aromatic heterocycles. The summed E-state index contributed by atoms with van der Waals surface area (Å²) in [6, 6.07) is 4.15. The van der Waals surface area contributed by atoms with Crippen molar-refractivity contribution in [3.05, 3.63) is 23.3 Å². The van der Waals surface area contributed by atoms with Gasteiger partial charge in [0.05, 0.1) is 5.56 Å². The SMILES string of the molecule is Cc1cc(N2CCCCC2C)cc(C(=O)O)c1N. The number of anilines is 2. The molecule has 0 aliphatic carbocycles. The fourth-order valence-electron chi connectivity index (χ4n) is 2.60. The summed E-state index contributed by atoms with van der Waals surface area (Å²) in [6.45, 7) is 5.04. The van der Waals surface area contributed by atoms with Crippen molar-refractivity contribution in [2.75, 3.05) is 17.2 Å². The molecule has 1 aromatic carbocycles. The van der Waals surface area contributed by atoms with E-state index < -0.39 is 5.97 Å². The van der Waals surface area contributed by atoms with Crippen LogP contribution in [0, 0.1) is 6.92 Å². The number of piperidine rings is 1. The molecule has 4 nitrogen and oxygen atoms in total. The van der Waals surface area contributed by atoms with Gasteiger partial charge in [0.2, 0.25) is 0 Å². The third-order valence-electron chi connectivity index (χ3n) is 3.74. The van der Waals surface area contributed by atoms with E-state index in [0.717, 1.165) is 30.6 Å². The molecule has 1 aromatic rings. The van der Waals surface area contributed by atoms with Crippen LogP contribution in [0.2, 0.25) is 0 Å². The number of nitrogens with two attached hydrogens (primary N) is 1. The predicted octanol–water partition coefficient (Wildman–Crippen LogP) is 2.65. The van der Waals surface area contributed by atoms with E-state index in [9.17, 15) is 9.90 Å². The molecule has 0 bridgehead atoms. The fraction of sp³-hybridized carbons (Fsp3) is 0.500. The highest BCUT2D eigenvalue weighted by Crippen LogP contribution is 2.29. The van der Waals surface area contributed by atoms with Gasteiger partial charge in [0.15, 0.2) is 0 Å². The molecule has 18 heavy (non-hydrogen) atoms. The van der Waals surface area contributed by atoms with Crippen LogP contribution in [0.5, 0.6) is 0 Å². The van der Waals surface area contributed by atoms with Gasteiger partial charge in [-0.25, -0.2) is 4.79 Å². The molecule has 1 saturated heterocycles. The van der Waals surface area contributed by atoms with E-state index >= 15 is 0 Å². The van der Waals surface area contributed by atoms with Crippen LogP contribution in [0.25, 0.3) is 0 Å². The maximum absolute atomic E-state index is 11.2. The van der Waals surface area contributed by atoms with Gasteiger partial charge >= 0.3 is 5.97 Å². The number of carboxylic acid groups (broad SMARTS) is 1. The molecule has 0 spiro atoms. The summed E-state index contributed by atoms with van der Waals surface area (Å²) in [5.41, 5.74) is 8.21. The van der Waals surface area contributed by atoms with Crippen LogP contribution in [-0.2, 0) is 0 Å². The molecule has 98 valence electrons. The minimum absolute atomic E-state index is 0.211. The number of aromatic carboxylic acids is 1. The molecule has 1 unspecified atom stereocenters. The number of hydrogen-bond donors (Lipinski definition) is 2. The van der Waals surface area contributed by atoms with E-state index in [0.29, 0.717) is 11.7 Å². The summed E-state index contributed by atoms with van der Waals surface area (Å²) in [6.07, 6.45) is 3.57. The molecule has 0 radical (unpaired) electrons. The molecule has 4 heteroatoms. The Balaban J connectivity index is 2.41. The van der Waals surface area contributed by atoms with E-state index in [4.69, 9.17) is 5.73 Å². The number of carbonyl (C=O) groups is 1. The normalized spacial score (nSPS) is 19.9. The zero-order valence-corrected chi connectivity index (χ0v) is 10.9. The van der Waals surface area contributed by atoms with E-state index in [-0.39, 0.29) is 5.56 Å². The largest absolute Gasteiger partial charge is 0.478 e. The number of rotatable bonds is 2. The average molecular weight is 248 g/mol. The van der Waals surface area contributed by atoms with Crippen molar-refractivity contribution in [2.45, 2.75) is 39.2 Å². The van der Waals surface area contributed by atoms with Gasteiger partial charge in [-0.2, -0.15) is 0 Å². The van der Waals surface area contributed by atoms with E-state index in [2.05, 4.69) is 11.8 Å². The van der Waals surface area contributed by atoms with Gasteiger partial charge in [0.1, 0.15) is 0 Å². The lowest BCUT2D eigenvalue weighted by Gasteiger charge is -2.36. The monoisotopic (exact) mass is 248 g/mol. The number of nitrogen functional groups attached to an aromatic ring is 1. The summed E-state index contributed by atoms with van der Waals surface area (Å²) >= 11 is 0. The molecular formula is C14H20N2O2. The number of benzene rings is 1. The van der Waals surface area contributed by atoms with Crippen molar-refractivity contribution in [1.29, 1.82) is 0 Å². The topological polar surface area (TPSA) is 66.6 Å². The maximum Gasteiger partial charge on any atom is 0.337 e. The van der Waals surface area contributed by atoms with Gasteiger partial charge in [-0.05, 0) is 50.8 Å². The number of nitrogens with zero attached hydrogens (tertiary/aromatic N) is 1. The first-order chi connectivity index (χ1) is 8.50. The van der Waals surface area contributed by atoms with Crippen LogP contribution in [0.1, 0.15) is 42.1 Å². The summed E-state index contributed by atoms with van der Waals surface area (Å²) in [5.74, 6) is -0.956. The molecule has 1 heterocycles. The first-order valence-corrected chi connectivity index (χ1v) is 6.40.